The molecule has 2 amide bonds. The Bertz CT molecular complexity index is 1320. The molecule has 3 unspecified atom stereocenters. The van der Waals surface area contributed by atoms with Crippen LogP contribution < -0.4 is 10.6 Å². The number of aliphatic hydroxyl groups is 2. The Hall–Kier alpha value is -3.53. The van der Waals surface area contributed by atoms with Crippen LogP contribution >= 0.6 is 11.6 Å². The predicted molar refractivity (Wildman–Crippen MR) is 141 cm³/mol. The van der Waals surface area contributed by atoms with Crippen molar-refractivity contribution in [1.82, 2.24) is 20.2 Å². The molecule has 0 bridgehead atoms. The summed E-state index contributed by atoms with van der Waals surface area (Å²) in [7, 11) is 0. The van der Waals surface area contributed by atoms with Crippen molar-refractivity contribution in [2.45, 2.75) is 45.4 Å². The fourth-order valence-electron chi connectivity index (χ4n) is 4.24. The minimum atomic E-state index is -0.749. The van der Waals surface area contributed by atoms with Crippen LogP contribution in [0.15, 0.2) is 48.7 Å². The van der Waals surface area contributed by atoms with Gasteiger partial charge in [-0.3, -0.25) is 9.59 Å². The molecular weight excluding hydrogens is 494 g/mol. The fraction of sp³-hybridized carbons (Fsp3) is 0.333. The van der Waals surface area contributed by atoms with E-state index in [0.717, 1.165) is 16.7 Å². The first kappa shape index (κ1) is 26.5. The number of fused-ring (bicyclic) bond motifs is 1. The van der Waals surface area contributed by atoms with Crippen molar-refractivity contribution in [3.8, 4) is 11.3 Å². The molecule has 0 aliphatic carbocycles. The topological polar surface area (TPSA) is 128 Å². The molecule has 37 heavy (non-hydrogen) atoms. The molecule has 1 aromatic heterocycles. The summed E-state index contributed by atoms with van der Waals surface area (Å²) in [5, 5.41) is 25.3. The van der Waals surface area contributed by atoms with Crippen molar-refractivity contribution in [2.75, 3.05) is 18.5 Å². The first-order valence-electron chi connectivity index (χ1n) is 12.0. The zero-order chi connectivity index (χ0) is 26.7. The normalized spacial score (nSPS) is 15.2. The van der Waals surface area contributed by atoms with Gasteiger partial charge in [0.15, 0.2) is 0 Å². The molecule has 2 heterocycles. The largest absolute Gasteiger partial charge is 0.394 e. The summed E-state index contributed by atoms with van der Waals surface area (Å²) in [5.74, 6) is -0.311. The number of hydrogen-bond donors (Lipinski definition) is 4. The summed E-state index contributed by atoms with van der Waals surface area (Å²) in [6.45, 7) is 5.36. The molecule has 1 aliphatic rings. The molecule has 9 nitrogen and oxygen atoms in total. The summed E-state index contributed by atoms with van der Waals surface area (Å²) in [6, 6.07) is 11.4. The van der Waals surface area contributed by atoms with E-state index >= 15 is 0 Å². The van der Waals surface area contributed by atoms with Crippen LogP contribution in [0, 0.1) is 6.92 Å². The maximum atomic E-state index is 13.3. The van der Waals surface area contributed by atoms with Crippen molar-refractivity contribution >= 4 is 29.4 Å². The Kier molecular flexibility index (Phi) is 8.06. The van der Waals surface area contributed by atoms with Crippen LogP contribution in [-0.2, 0) is 11.3 Å². The van der Waals surface area contributed by atoms with Crippen LogP contribution in [0.1, 0.15) is 46.9 Å². The third-order valence-corrected chi connectivity index (χ3v) is 6.68. The molecule has 10 heteroatoms. The first-order chi connectivity index (χ1) is 17.7. The van der Waals surface area contributed by atoms with Gasteiger partial charge in [0.1, 0.15) is 6.04 Å². The number of carbonyl (C=O) groups is 2. The van der Waals surface area contributed by atoms with Gasteiger partial charge >= 0.3 is 0 Å². The standard InChI is InChI=1S/C27H30ClN5O4/c1-15-5-4-6-18(9-15)23(14-35)31-25(36)17(3)33-12-20-8-7-19(10-21(20)26(33)37)24-22(28)11-29-27(32-24)30-16(2)13-34/h4-11,16-17,23,34-35H,12-14H2,1-3H3,(H,31,36)(H,29,30,32). The summed E-state index contributed by atoms with van der Waals surface area (Å²) in [6.07, 6.45) is 1.47. The van der Waals surface area contributed by atoms with Crippen LogP contribution in [-0.4, -0.2) is 62.2 Å². The minimum absolute atomic E-state index is 0.0830. The van der Waals surface area contributed by atoms with Gasteiger partial charge in [-0.15, -0.1) is 0 Å². The lowest BCUT2D eigenvalue weighted by molar-refractivity contribution is -0.126. The van der Waals surface area contributed by atoms with E-state index in [1.165, 1.54) is 11.1 Å². The van der Waals surface area contributed by atoms with Gasteiger partial charge in [-0.05, 0) is 38.0 Å². The lowest BCUT2D eigenvalue weighted by Crippen LogP contribution is -2.46. The summed E-state index contributed by atoms with van der Waals surface area (Å²) >= 11 is 6.36. The number of nitrogens with zero attached hydrogens (tertiary/aromatic N) is 3. The van der Waals surface area contributed by atoms with Gasteiger partial charge in [-0.1, -0.05) is 53.6 Å². The number of anilines is 1. The van der Waals surface area contributed by atoms with E-state index in [4.69, 9.17) is 11.6 Å². The molecule has 3 aromatic rings. The maximum Gasteiger partial charge on any atom is 0.255 e. The van der Waals surface area contributed by atoms with E-state index in [0.29, 0.717) is 27.8 Å². The predicted octanol–water partition coefficient (Wildman–Crippen LogP) is 3.09. The van der Waals surface area contributed by atoms with Crippen LogP contribution in [0.2, 0.25) is 5.02 Å². The van der Waals surface area contributed by atoms with Gasteiger partial charge < -0.3 is 25.7 Å². The quantitative estimate of drug-likeness (QED) is 0.339. The van der Waals surface area contributed by atoms with Gasteiger partial charge in [0.05, 0.1) is 36.2 Å². The molecule has 194 valence electrons. The van der Waals surface area contributed by atoms with Crippen molar-refractivity contribution in [2.24, 2.45) is 0 Å². The minimum Gasteiger partial charge on any atom is -0.394 e. The third kappa shape index (κ3) is 5.74. The summed E-state index contributed by atoms with van der Waals surface area (Å²) < 4.78 is 0. The molecule has 0 fully saturated rings. The first-order valence-corrected chi connectivity index (χ1v) is 12.4. The Morgan fingerprint density at radius 1 is 1.16 bits per heavy atom. The molecule has 0 saturated heterocycles. The fourth-order valence-corrected chi connectivity index (χ4v) is 4.44. The zero-order valence-corrected chi connectivity index (χ0v) is 21.7. The number of amides is 2. The second kappa shape index (κ2) is 11.2. The van der Waals surface area contributed by atoms with Crippen LogP contribution in [0.25, 0.3) is 11.3 Å². The Labute approximate surface area is 220 Å². The van der Waals surface area contributed by atoms with Crippen molar-refractivity contribution < 1.29 is 19.8 Å². The highest BCUT2D eigenvalue weighted by Crippen LogP contribution is 2.32. The average molecular weight is 524 g/mol. The highest BCUT2D eigenvalue weighted by molar-refractivity contribution is 6.33. The van der Waals surface area contributed by atoms with Crippen molar-refractivity contribution in [3.05, 3.63) is 75.9 Å². The number of rotatable bonds is 9. The number of benzene rings is 2. The van der Waals surface area contributed by atoms with E-state index in [-0.39, 0.29) is 37.6 Å². The summed E-state index contributed by atoms with van der Waals surface area (Å²) in [5.41, 5.74) is 4.18. The van der Waals surface area contributed by atoms with Crippen LogP contribution in [0.3, 0.4) is 0 Å². The smallest absolute Gasteiger partial charge is 0.255 e. The van der Waals surface area contributed by atoms with E-state index < -0.39 is 12.1 Å². The SMILES string of the molecule is Cc1cccc(C(CO)NC(=O)C(C)N2Cc3ccc(-c4nc(NC(C)CO)ncc4Cl)cc3C2=O)c1. The molecule has 0 saturated carbocycles. The molecule has 3 atom stereocenters. The van der Waals surface area contributed by atoms with Crippen LogP contribution in [0.5, 0.6) is 0 Å². The third-order valence-electron chi connectivity index (χ3n) is 6.40. The monoisotopic (exact) mass is 523 g/mol. The Morgan fingerprint density at radius 3 is 2.65 bits per heavy atom. The molecule has 4 N–H and O–H groups in total. The average Bonchev–Trinajstić information content (AvgIpc) is 3.23. The number of hydrogen-bond acceptors (Lipinski definition) is 7. The molecule has 1 aliphatic heterocycles. The maximum absolute atomic E-state index is 13.3. The zero-order valence-electron chi connectivity index (χ0n) is 20.9. The lowest BCUT2D eigenvalue weighted by atomic mass is 10.0. The second-order valence-electron chi connectivity index (χ2n) is 9.26. The van der Waals surface area contributed by atoms with E-state index in [9.17, 15) is 19.8 Å². The van der Waals surface area contributed by atoms with E-state index in [2.05, 4.69) is 20.6 Å². The Morgan fingerprint density at radius 2 is 1.95 bits per heavy atom. The molecule has 0 spiro atoms. The number of aromatic nitrogens is 2. The number of aryl methyl sites for hydroxylation is 1. The molecular formula is C27H30ClN5O4. The van der Waals surface area contributed by atoms with Crippen LogP contribution in [0.4, 0.5) is 5.95 Å². The van der Waals surface area contributed by atoms with Gasteiger partial charge in [0, 0.05) is 23.7 Å². The Balaban J connectivity index is 1.52. The van der Waals surface area contributed by atoms with Crippen molar-refractivity contribution in [3.63, 3.8) is 0 Å². The second-order valence-corrected chi connectivity index (χ2v) is 9.66. The molecule has 4 rings (SSSR count). The van der Waals surface area contributed by atoms with Gasteiger partial charge in [0.2, 0.25) is 11.9 Å². The lowest BCUT2D eigenvalue weighted by Gasteiger charge is -2.26. The number of halogens is 1. The van der Waals surface area contributed by atoms with E-state index in [1.807, 2.05) is 43.3 Å². The van der Waals surface area contributed by atoms with Gasteiger partial charge in [0.25, 0.3) is 5.91 Å². The van der Waals surface area contributed by atoms with Gasteiger partial charge in [-0.25, -0.2) is 9.97 Å². The van der Waals surface area contributed by atoms with Crippen molar-refractivity contribution in [1.29, 1.82) is 0 Å². The van der Waals surface area contributed by atoms with E-state index in [1.54, 1.807) is 19.9 Å². The molecule has 2 aromatic carbocycles. The molecule has 0 radical (unpaired) electrons. The van der Waals surface area contributed by atoms with Gasteiger partial charge in [-0.2, -0.15) is 0 Å². The highest BCUT2D eigenvalue weighted by atomic mass is 35.5. The highest BCUT2D eigenvalue weighted by Gasteiger charge is 2.35. The number of aliphatic hydroxyl groups excluding tert-OH is 2. The summed E-state index contributed by atoms with van der Waals surface area (Å²) in [4.78, 5) is 36.5. The number of carbonyl (C=O) groups excluding carboxylic acids is 2. The number of nitrogens with one attached hydrogen (secondary N) is 2.